The molecule has 0 saturated carbocycles. The molecule has 5 nitrogen and oxygen atoms in total. The highest BCUT2D eigenvalue weighted by Crippen LogP contribution is 2.26. The zero-order valence-corrected chi connectivity index (χ0v) is 13.4. The molecule has 0 aliphatic carbocycles. The number of aromatic nitrogens is 2. The molecule has 1 unspecified atom stereocenters. The van der Waals surface area contributed by atoms with Gasteiger partial charge in [0.05, 0.1) is 23.0 Å². The lowest BCUT2D eigenvalue weighted by Crippen LogP contribution is -2.34. The fourth-order valence-electron chi connectivity index (χ4n) is 2.03. The molecule has 0 fully saturated rings. The molecular formula is C14H18Cl2N4O. The molecule has 1 heterocycles. The van der Waals surface area contributed by atoms with Crippen molar-refractivity contribution in [1.82, 2.24) is 15.2 Å². The molecule has 21 heavy (non-hydrogen) atoms. The van der Waals surface area contributed by atoms with E-state index in [1.54, 1.807) is 18.3 Å². The maximum atomic E-state index is 6.21. The lowest BCUT2D eigenvalue weighted by Gasteiger charge is -2.20. The number of hydrogen-bond acceptors (Lipinski definition) is 4. The van der Waals surface area contributed by atoms with Crippen LogP contribution in [0.3, 0.4) is 0 Å². The maximum Gasteiger partial charge on any atom is 0.120 e. The third-order valence-corrected chi connectivity index (χ3v) is 3.55. The van der Waals surface area contributed by atoms with Gasteiger partial charge >= 0.3 is 0 Å². The van der Waals surface area contributed by atoms with E-state index in [2.05, 4.69) is 10.5 Å². The van der Waals surface area contributed by atoms with Gasteiger partial charge in [0.1, 0.15) is 12.4 Å². The van der Waals surface area contributed by atoms with E-state index in [1.807, 2.05) is 30.7 Å². The Morgan fingerprint density at radius 1 is 1.38 bits per heavy atom. The van der Waals surface area contributed by atoms with Crippen LogP contribution in [0.2, 0.25) is 10.0 Å². The van der Waals surface area contributed by atoms with Crippen molar-refractivity contribution < 1.29 is 4.74 Å². The van der Waals surface area contributed by atoms with Gasteiger partial charge in [0.15, 0.2) is 0 Å². The number of benzene rings is 1. The Morgan fingerprint density at radius 2 is 2.14 bits per heavy atom. The van der Waals surface area contributed by atoms with E-state index in [0.717, 1.165) is 5.69 Å². The van der Waals surface area contributed by atoms with Crippen molar-refractivity contribution >= 4 is 23.2 Å². The largest absolute Gasteiger partial charge is 0.491 e. The topological polar surface area (TPSA) is 65.1 Å². The minimum Gasteiger partial charge on any atom is -0.491 e. The van der Waals surface area contributed by atoms with Crippen LogP contribution in [0.1, 0.15) is 31.6 Å². The lowest BCUT2D eigenvalue weighted by atomic mass is 10.2. The Kier molecular flexibility index (Phi) is 5.47. The molecule has 0 radical (unpaired) electrons. The summed E-state index contributed by atoms with van der Waals surface area (Å²) >= 11 is 12.1. The number of ether oxygens (including phenoxy) is 1. The van der Waals surface area contributed by atoms with Crippen LogP contribution in [-0.2, 0) is 0 Å². The van der Waals surface area contributed by atoms with E-state index in [4.69, 9.17) is 33.8 Å². The number of halogens is 2. The van der Waals surface area contributed by atoms with E-state index in [-0.39, 0.29) is 12.1 Å². The standard InChI is InChI=1S/C14H18Cl2N4O/c1-9(2)20-14(12(16)7-18-20)13(19-17)8-21-11-5-3-4-10(15)6-11/h3-7,9,13,19H,8,17H2,1-2H3. The third-order valence-electron chi connectivity index (χ3n) is 3.02. The van der Waals surface area contributed by atoms with E-state index in [1.165, 1.54) is 0 Å². The summed E-state index contributed by atoms with van der Waals surface area (Å²) in [6, 6.07) is 7.10. The molecule has 0 amide bonds. The van der Waals surface area contributed by atoms with Gasteiger partial charge < -0.3 is 4.74 Å². The minimum atomic E-state index is -0.276. The molecular weight excluding hydrogens is 311 g/mol. The van der Waals surface area contributed by atoms with Crippen LogP contribution < -0.4 is 16.0 Å². The van der Waals surface area contributed by atoms with E-state index < -0.39 is 0 Å². The number of hydrogen-bond donors (Lipinski definition) is 2. The van der Waals surface area contributed by atoms with Gasteiger partial charge in [-0.15, -0.1) is 0 Å². The quantitative estimate of drug-likeness (QED) is 0.630. The highest BCUT2D eigenvalue weighted by atomic mass is 35.5. The van der Waals surface area contributed by atoms with Crippen molar-refractivity contribution in [1.29, 1.82) is 0 Å². The number of nitrogens with zero attached hydrogens (tertiary/aromatic N) is 2. The van der Waals surface area contributed by atoms with Gasteiger partial charge in [-0.25, -0.2) is 5.43 Å². The van der Waals surface area contributed by atoms with Crippen LogP contribution in [0.4, 0.5) is 0 Å². The van der Waals surface area contributed by atoms with Crippen molar-refractivity contribution in [3.05, 3.63) is 46.2 Å². The van der Waals surface area contributed by atoms with Crippen molar-refractivity contribution in [3.63, 3.8) is 0 Å². The maximum absolute atomic E-state index is 6.21. The van der Waals surface area contributed by atoms with E-state index in [0.29, 0.717) is 22.4 Å². The molecule has 0 bridgehead atoms. The fraction of sp³-hybridized carbons (Fsp3) is 0.357. The number of hydrazine groups is 1. The van der Waals surface area contributed by atoms with Gasteiger partial charge in [0, 0.05) is 11.1 Å². The third kappa shape index (κ3) is 3.89. The summed E-state index contributed by atoms with van der Waals surface area (Å²) in [5.74, 6) is 6.32. The van der Waals surface area contributed by atoms with Crippen molar-refractivity contribution in [3.8, 4) is 5.75 Å². The second-order valence-electron chi connectivity index (χ2n) is 4.90. The van der Waals surface area contributed by atoms with E-state index >= 15 is 0 Å². The lowest BCUT2D eigenvalue weighted by molar-refractivity contribution is 0.258. The van der Waals surface area contributed by atoms with Crippen LogP contribution in [0.15, 0.2) is 30.5 Å². The first-order chi connectivity index (χ1) is 10.0. The normalized spacial score (nSPS) is 12.7. The predicted octanol–water partition coefficient (Wildman–Crippen LogP) is 3.35. The van der Waals surface area contributed by atoms with Crippen LogP contribution >= 0.6 is 23.2 Å². The molecule has 3 N–H and O–H groups in total. The highest BCUT2D eigenvalue weighted by Gasteiger charge is 2.21. The Bertz CT molecular complexity index is 600. The summed E-state index contributed by atoms with van der Waals surface area (Å²) in [6.07, 6.45) is 1.61. The first-order valence-corrected chi connectivity index (χ1v) is 7.36. The average molecular weight is 329 g/mol. The van der Waals surface area contributed by atoms with Gasteiger partial charge in [-0.2, -0.15) is 5.10 Å². The summed E-state index contributed by atoms with van der Waals surface area (Å²) in [5, 5.41) is 5.44. The predicted molar refractivity (Wildman–Crippen MR) is 84.6 cm³/mol. The smallest absolute Gasteiger partial charge is 0.120 e. The van der Waals surface area contributed by atoms with Gasteiger partial charge in [-0.05, 0) is 32.0 Å². The van der Waals surface area contributed by atoms with Crippen LogP contribution in [0.5, 0.6) is 5.75 Å². The summed E-state index contributed by atoms with van der Waals surface area (Å²) in [7, 11) is 0. The van der Waals surface area contributed by atoms with Crippen molar-refractivity contribution in [2.24, 2.45) is 5.84 Å². The molecule has 2 rings (SSSR count). The second-order valence-corrected chi connectivity index (χ2v) is 5.75. The second kappa shape index (κ2) is 7.13. The molecule has 1 aromatic heterocycles. The monoisotopic (exact) mass is 328 g/mol. The number of nitrogens with two attached hydrogens (primary N) is 1. The highest BCUT2D eigenvalue weighted by molar-refractivity contribution is 6.31. The fourth-order valence-corrected chi connectivity index (χ4v) is 2.47. The molecule has 7 heteroatoms. The first-order valence-electron chi connectivity index (χ1n) is 6.60. The van der Waals surface area contributed by atoms with Crippen LogP contribution in [-0.4, -0.2) is 16.4 Å². The average Bonchev–Trinajstić information content (AvgIpc) is 2.82. The number of nitrogens with one attached hydrogen (secondary N) is 1. The number of rotatable bonds is 6. The Labute approximate surface area is 134 Å². The van der Waals surface area contributed by atoms with Gasteiger partial charge in [-0.1, -0.05) is 29.3 Å². The molecule has 2 aromatic rings. The molecule has 1 aromatic carbocycles. The summed E-state index contributed by atoms with van der Waals surface area (Å²) < 4.78 is 7.55. The Balaban J connectivity index is 2.15. The van der Waals surface area contributed by atoms with Gasteiger partial charge in [0.25, 0.3) is 0 Å². The van der Waals surface area contributed by atoms with Crippen molar-refractivity contribution in [2.45, 2.75) is 25.9 Å². The zero-order chi connectivity index (χ0) is 15.4. The molecule has 0 saturated heterocycles. The van der Waals surface area contributed by atoms with Gasteiger partial charge in [0.2, 0.25) is 0 Å². The molecule has 114 valence electrons. The Hall–Kier alpha value is -1.27. The molecule has 0 aliphatic heterocycles. The molecule has 0 spiro atoms. The molecule has 1 atom stereocenters. The molecule has 0 aliphatic rings. The SMILES string of the molecule is CC(C)n1ncc(Cl)c1C(COc1cccc(Cl)c1)NN. The van der Waals surface area contributed by atoms with E-state index in [9.17, 15) is 0 Å². The van der Waals surface area contributed by atoms with Crippen molar-refractivity contribution in [2.75, 3.05) is 6.61 Å². The zero-order valence-electron chi connectivity index (χ0n) is 11.9. The summed E-state index contributed by atoms with van der Waals surface area (Å²) in [6.45, 7) is 4.37. The first kappa shape index (κ1) is 16.1. The van der Waals surface area contributed by atoms with Gasteiger partial charge in [-0.3, -0.25) is 10.5 Å². The minimum absolute atomic E-state index is 0.175. The Morgan fingerprint density at radius 3 is 2.76 bits per heavy atom. The summed E-state index contributed by atoms with van der Waals surface area (Å²) in [4.78, 5) is 0. The van der Waals surface area contributed by atoms with Crippen LogP contribution in [0.25, 0.3) is 0 Å². The van der Waals surface area contributed by atoms with Crippen LogP contribution in [0, 0.1) is 0 Å². The summed E-state index contributed by atoms with van der Waals surface area (Å²) in [5.41, 5.74) is 3.52.